The maximum absolute atomic E-state index is 14.2. The number of rotatable bonds is 8. The van der Waals surface area contributed by atoms with Gasteiger partial charge in [0.2, 0.25) is 0 Å². The monoisotopic (exact) mass is 357 g/mol. The standard InChI is InChI=1S/C16H17ClFNO3S/c1-3-22-19-8-10(9-20)15(21)16(6-7-16)11-4-5-12(17)13(18)14(11)23-2/h4-5,8-10H,3,6-7H2,1-2H3. The Hall–Kier alpha value is -1.40. The fourth-order valence-electron chi connectivity index (χ4n) is 2.55. The number of oxime groups is 1. The van der Waals surface area contributed by atoms with Gasteiger partial charge >= 0.3 is 0 Å². The molecule has 1 saturated carbocycles. The minimum Gasteiger partial charge on any atom is -0.396 e. The number of carbonyl (C=O) groups is 2. The minimum atomic E-state index is -1.00. The number of benzene rings is 1. The minimum absolute atomic E-state index is 0.0196. The highest BCUT2D eigenvalue weighted by Gasteiger charge is 2.54. The summed E-state index contributed by atoms with van der Waals surface area (Å²) in [5.74, 6) is -1.81. The van der Waals surface area contributed by atoms with Gasteiger partial charge in [-0.15, -0.1) is 11.8 Å². The Kier molecular flexibility index (Phi) is 5.81. The number of hydrogen-bond donors (Lipinski definition) is 0. The van der Waals surface area contributed by atoms with Gasteiger partial charge in [0.05, 0.1) is 16.7 Å². The van der Waals surface area contributed by atoms with Crippen LogP contribution in [0.1, 0.15) is 25.3 Å². The summed E-state index contributed by atoms with van der Waals surface area (Å²) in [4.78, 5) is 29.2. The van der Waals surface area contributed by atoms with Gasteiger partial charge in [0.15, 0.2) is 11.6 Å². The van der Waals surface area contributed by atoms with Crippen LogP contribution in [0.5, 0.6) is 0 Å². The van der Waals surface area contributed by atoms with Crippen molar-refractivity contribution in [2.45, 2.75) is 30.1 Å². The number of carbonyl (C=O) groups excluding carboxylic acids is 2. The molecule has 2 rings (SSSR count). The quantitative estimate of drug-likeness (QED) is 0.234. The van der Waals surface area contributed by atoms with Crippen molar-refractivity contribution in [1.29, 1.82) is 0 Å². The van der Waals surface area contributed by atoms with E-state index in [1.807, 2.05) is 0 Å². The fourth-order valence-corrected chi connectivity index (χ4v) is 3.53. The van der Waals surface area contributed by atoms with Crippen LogP contribution in [-0.4, -0.2) is 31.1 Å². The number of nitrogens with zero attached hydrogens (tertiary/aromatic N) is 1. The SMILES string of the molecule is CCON=CC(C=O)C(=O)C1(c2ccc(Cl)c(F)c2SC)CC1. The van der Waals surface area contributed by atoms with Crippen molar-refractivity contribution in [2.75, 3.05) is 12.9 Å². The number of Topliss-reactive ketones (excluding diaryl/α,β-unsaturated/α-hetero) is 1. The predicted molar refractivity (Wildman–Crippen MR) is 88.8 cm³/mol. The molecule has 0 heterocycles. The molecule has 1 aromatic carbocycles. The maximum Gasteiger partial charge on any atom is 0.159 e. The highest BCUT2D eigenvalue weighted by atomic mass is 35.5. The number of thioether (sulfide) groups is 1. The van der Waals surface area contributed by atoms with E-state index in [1.54, 1.807) is 19.2 Å². The lowest BCUT2D eigenvalue weighted by Crippen LogP contribution is -2.31. The average Bonchev–Trinajstić information content (AvgIpc) is 3.35. The molecule has 1 aliphatic rings. The van der Waals surface area contributed by atoms with Crippen LogP contribution in [0.3, 0.4) is 0 Å². The Balaban J connectivity index is 2.37. The van der Waals surface area contributed by atoms with Crippen molar-refractivity contribution >= 4 is 41.6 Å². The third-order valence-electron chi connectivity index (χ3n) is 3.87. The van der Waals surface area contributed by atoms with Crippen LogP contribution < -0.4 is 0 Å². The predicted octanol–water partition coefficient (Wildman–Crippen LogP) is 3.64. The molecule has 0 N–H and O–H groups in total. The van der Waals surface area contributed by atoms with E-state index in [0.717, 1.165) is 0 Å². The molecule has 4 nitrogen and oxygen atoms in total. The second-order valence-electron chi connectivity index (χ2n) is 5.22. The third-order valence-corrected chi connectivity index (χ3v) is 4.97. The largest absolute Gasteiger partial charge is 0.396 e. The second kappa shape index (κ2) is 7.45. The summed E-state index contributed by atoms with van der Waals surface area (Å²) < 4.78 is 14.2. The highest BCUT2D eigenvalue weighted by Crippen LogP contribution is 2.53. The lowest BCUT2D eigenvalue weighted by molar-refractivity contribution is -0.126. The highest BCUT2D eigenvalue weighted by molar-refractivity contribution is 7.98. The first-order chi connectivity index (χ1) is 11.0. The summed E-state index contributed by atoms with van der Waals surface area (Å²) in [5, 5.41) is 3.63. The number of halogens is 2. The normalized spacial score (nSPS) is 17.0. The van der Waals surface area contributed by atoms with E-state index < -0.39 is 17.2 Å². The summed E-state index contributed by atoms with van der Waals surface area (Å²) in [7, 11) is 0. The molecule has 1 fully saturated rings. The van der Waals surface area contributed by atoms with Crippen molar-refractivity contribution < 1.29 is 18.8 Å². The molecule has 7 heteroatoms. The number of aldehydes is 1. The molecule has 124 valence electrons. The van der Waals surface area contributed by atoms with E-state index in [0.29, 0.717) is 36.2 Å². The molecule has 1 atom stereocenters. The van der Waals surface area contributed by atoms with Gasteiger partial charge in [-0.05, 0) is 37.7 Å². The van der Waals surface area contributed by atoms with E-state index in [1.165, 1.54) is 24.0 Å². The maximum atomic E-state index is 14.2. The topological polar surface area (TPSA) is 55.7 Å². The molecular weight excluding hydrogens is 341 g/mol. The molecule has 0 aliphatic heterocycles. The Morgan fingerprint density at radius 1 is 1.57 bits per heavy atom. The van der Waals surface area contributed by atoms with Gasteiger partial charge in [-0.25, -0.2) is 4.39 Å². The lowest BCUT2D eigenvalue weighted by atomic mass is 9.85. The van der Waals surface area contributed by atoms with Gasteiger partial charge in [0, 0.05) is 4.90 Å². The molecule has 1 aliphatic carbocycles. The fraction of sp³-hybridized carbons (Fsp3) is 0.438. The van der Waals surface area contributed by atoms with Crippen LogP contribution in [0.15, 0.2) is 22.2 Å². The van der Waals surface area contributed by atoms with Crippen molar-refractivity contribution in [2.24, 2.45) is 11.1 Å². The van der Waals surface area contributed by atoms with E-state index in [4.69, 9.17) is 16.4 Å². The molecule has 0 amide bonds. The first-order valence-corrected chi connectivity index (χ1v) is 8.79. The van der Waals surface area contributed by atoms with Crippen LogP contribution in [0.4, 0.5) is 4.39 Å². The molecule has 0 aromatic heterocycles. The third kappa shape index (κ3) is 3.43. The van der Waals surface area contributed by atoms with Gasteiger partial charge < -0.3 is 9.63 Å². The zero-order valence-electron chi connectivity index (χ0n) is 12.8. The first kappa shape index (κ1) is 17.9. The summed E-state index contributed by atoms with van der Waals surface area (Å²) >= 11 is 7.02. The molecule has 0 saturated heterocycles. The number of hydrogen-bond acceptors (Lipinski definition) is 5. The Morgan fingerprint density at radius 2 is 2.26 bits per heavy atom. The van der Waals surface area contributed by atoms with Crippen molar-refractivity contribution in [3.8, 4) is 0 Å². The molecule has 1 unspecified atom stereocenters. The van der Waals surface area contributed by atoms with E-state index in [9.17, 15) is 14.0 Å². The molecule has 0 radical (unpaired) electrons. The van der Waals surface area contributed by atoms with Crippen LogP contribution in [0.25, 0.3) is 0 Å². The summed E-state index contributed by atoms with van der Waals surface area (Å²) in [6.45, 7) is 2.10. The van der Waals surface area contributed by atoms with Gasteiger partial charge in [0.1, 0.15) is 18.8 Å². The van der Waals surface area contributed by atoms with Crippen LogP contribution in [0.2, 0.25) is 5.02 Å². The van der Waals surface area contributed by atoms with Crippen LogP contribution in [-0.2, 0) is 19.8 Å². The van der Waals surface area contributed by atoms with E-state index in [-0.39, 0.29) is 10.8 Å². The first-order valence-electron chi connectivity index (χ1n) is 7.19. The van der Waals surface area contributed by atoms with Crippen LogP contribution in [0, 0.1) is 11.7 Å². The molecule has 23 heavy (non-hydrogen) atoms. The van der Waals surface area contributed by atoms with Gasteiger partial charge in [-0.1, -0.05) is 22.8 Å². The van der Waals surface area contributed by atoms with Crippen molar-refractivity contribution in [3.05, 3.63) is 28.5 Å². The summed E-state index contributed by atoms with van der Waals surface area (Å²) in [5.41, 5.74) is -0.248. The van der Waals surface area contributed by atoms with Gasteiger partial charge in [0.25, 0.3) is 0 Å². The molecule has 1 aromatic rings. The molecule has 0 spiro atoms. The zero-order valence-corrected chi connectivity index (χ0v) is 14.4. The van der Waals surface area contributed by atoms with Crippen molar-refractivity contribution in [3.63, 3.8) is 0 Å². The Morgan fingerprint density at radius 3 is 2.78 bits per heavy atom. The van der Waals surface area contributed by atoms with E-state index in [2.05, 4.69) is 5.16 Å². The lowest BCUT2D eigenvalue weighted by Gasteiger charge is -2.20. The Labute approximate surface area is 143 Å². The Bertz CT molecular complexity index is 646. The summed E-state index contributed by atoms with van der Waals surface area (Å²) in [6.07, 6.45) is 4.62. The van der Waals surface area contributed by atoms with Gasteiger partial charge in [-0.2, -0.15) is 0 Å². The molecular formula is C16H17ClFNO3S. The number of ketones is 1. The molecule has 0 bridgehead atoms. The smallest absolute Gasteiger partial charge is 0.159 e. The summed E-state index contributed by atoms with van der Waals surface area (Å²) in [6, 6.07) is 3.12. The zero-order chi connectivity index (χ0) is 17.0. The average molecular weight is 358 g/mol. The van der Waals surface area contributed by atoms with Crippen molar-refractivity contribution in [1.82, 2.24) is 0 Å². The van der Waals surface area contributed by atoms with Gasteiger partial charge in [-0.3, -0.25) is 4.79 Å². The second-order valence-corrected chi connectivity index (χ2v) is 6.45. The van der Waals surface area contributed by atoms with Crippen LogP contribution >= 0.6 is 23.4 Å². The van der Waals surface area contributed by atoms with E-state index >= 15 is 0 Å².